The monoisotopic (exact) mass is 275 g/mol. The largest absolute Gasteiger partial charge is 0.256 e. The van der Waals surface area contributed by atoms with E-state index in [4.69, 9.17) is 0 Å². The van der Waals surface area contributed by atoms with E-state index >= 15 is 0 Å². The maximum absolute atomic E-state index is 4.28. The van der Waals surface area contributed by atoms with Crippen molar-refractivity contribution in [1.29, 1.82) is 0 Å². The van der Waals surface area contributed by atoms with Crippen LogP contribution in [0, 0.1) is 6.92 Å². The summed E-state index contributed by atoms with van der Waals surface area (Å²) in [7, 11) is 0. The average molecular weight is 276 g/mol. The molecule has 1 heterocycles. The molecule has 1 nitrogen and oxygen atoms in total. The first-order chi connectivity index (χ1) is 6.36. The summed E-state index contributed by atoms with van der Waals surface area (Å²) in [6.45, 7) is 2.09. The predicted molar refractivity (Wildman–Crippen MR) is 54.4 cm³/mol. The van der Waals surface area contributed by atoms with E-state index in [-0.39, 0.29) is 20.4 Å². The molecule has 2 rings (SSSR count). The van der Waals surface area contributed by atoms with Gasteiger partial charge in [0, 0.05) is 32.2 Å². The summed E-state index contributed by atoms with van der Waals surface area (Å²) < 4.78 is 0. The van der Waals surface area contributed by atoms with Crippen LogP contribution in [0.15, 0.2) is 48.7 Å². The number of aromatic nitrogens is 1. The minimum Gasteiger partial charge on any atom is -0.256 e. The van der Waals surface area contributed by atoms with Gasteiger partial charge in [-0.2, -0.15) is 0 Å². The summed E-state index contributed by atoms with van der Waals surface area (Å²) in [6.07, 6.45) is 1.81. The number of hydrogen-bond acceptors (Lipinski definition) is 1. The van der Waals surface area contributed by atoms with Crippen molar-refractivity contribution >= 4 is 0 Å². The first-order valence-electron chi connectivity index (χ1n) is 4.34. The van der Waals surface area contributed by atoms with Gasteiger partial charge in [0.25, 0.3) is 0 Å². The predicted octanol–water partition coefficient (Wildman–Crippen LogP) is 3.05. The van der Waals surface area contributed by atoms with E-state index < -0.39 is 0 Å². The van der Waals surface area contributed by atoms with E-state index in [0.29, 0.717) is 0 Å². The zero-order valence-electron chi connectivity index (χ0n) is 7.88. The van der Waals surface area contributed by atoms with Gasteiger partial charge in [-0.1, -0.05) is 35.9 Å². The Kier molecular flexibility index (Phi) is 4.01. The van der Waals surface area contributed by atoms with Crippen molar-refractivity contribution in [2.24, 2.45) is 0 Å². The molecule has 1 aromatic heterocycles. The van der Waals surface area contributed by atoms with Crippen LogP contribution in [0.25, 0.3) is 11.3 Å². The van der Waals surface area contributed by atoms with Crippen LogP contribution in [-0.4, -0.2) is 4.98 Å². The van der Waals surface area contributed by atoms with E-state index in [0.717, 1.165) is 5.69 Å². The smallest absolute Gasteiger partial charge is 0.0701 e. The summed E-state index contributed by atoms with van der Waals surface area (Å²) in [5, 5.41) is 0. The fourth-order valence-electron chi connectivity index (χ4n) is 1.26. The molecule has 0 radical (unpaired) electrons. The van der Waals surface area contributed by atoms with Crippen LogP contribution < -0.4 is 0 Å². The first-order valence-corrected chi connectivity index (χ1v) is 4.34. The number of hydrogen-bond donors (Lipinski definition) is 0. The van der Waals surface area contributed by atoms with E-state index in [1.165, 1.54) is 11.1 Å². The summed E-state index contributed by atoms with van der Waals surface area (Å²) in [4.78, 5) is 4.28. The SMILES string of the molecule is Cc1ccc(-c2ccccn2)cc1.[Pd]. The van der Waals surface area contributed by atoms with Gasteiger partial charge in [-0.3, -0.25) is 4.98 Å². The van der Waals surface area contributed by atoms with Crippen LogP contribution in [0.1, 0.15) is 5.56 Å². The van der Waals surface area contributed by atoms with Crippen molar-refractivity contribution in [3.63, 3.8) is 0 Å². The van der Waals surface area contributed by atoms with E-state index in [9.17, 15) is 0 Å². The van der Waals surface area contributed by atoms with E-state index in [2.05, 4.69) is 36.2 Å². The molecule has 2 heteroatoms. The van der Waals surface area contributed by atoms with Gasteiger partial charge >= 0.3 is 0 Å². The second kappa shape index (κ2) is 5.05. The molecular weight excluding hydrogens is 265 g/mol. The molecule has 0 aliphatic carbocycles. The maximum atomic E-state index is 4.28. The van der Waals surface area contributed by atoms with Gasteiger partial charge in [-0.15, -0.1) is 0 Å². The van der Waals surface area contributed by atoms with Gasteiger partial charge in [-0.05, 0) is 19.1 Å². The molecule has 74 valence electrons. The third-order valence-corrected chi connectivity index (χ3v) is 2.01. The third-order valence-electron chi connectivity index (χ3n) is 2.01. The van der Waals surface area contributed by atoms with Gasteiger partial charge in [0.05, 0.1) is 5.69 Å². The zero-order chi connectivity index (χ0) is 9.10. The van der Waals surface area contributed by atoms with Gasteiger partial charge < -0.3 is 0 Å². The molecule has 0 atom stereocenters. The van der Waals surface area contributed by atoms with Crippen molar-refractivity contribution < 1.29 is 20.4 Å². The van der Waals surface area contributed by atoms with Crippen molar-refractivity contribution in [3.05, 3.63) is 54.2 Å². The average Bonchev–Trinajstić information content (AvgIpc) is 2.20. The quantitative estimate of drug-likeness (QED) is 0.729. The van der Waals surface area contributed by atoms with Gasteiger partial charge in [-0.25, -0.2) is 0 Å². The number of aryl methyl sites for hydroxylation is 1. The summed E-state index contributed by atoms with van der Waals surface area (Å²) in [5.41, 5.74) is 3.48. The molecular formula is C12H11NPd. The number of benzene rings is 1. The van der Waals surface area contributed by atoms with Gasteiger partial charge in [0.15, 0.2) is 0 Å². The molecule has 0 N–H and O–H groups in total. The molecule has 0 saturated carbocycles. The Bertz CT molecular complexity index is 381. The fourth-order valence-corrected chi connectivity index (χ4v) is 1.26. The summed E-state index contributed by atoms with van der Waals surface area (Å²) in [6, 6.07) is 14.3. The molecule has 14 heavy (non-hydrogen) atoms. The van der Waals surface area contributed by atoms with E-state index in [1.807, 2.05) is 24.4 Å². The standard InChI is InChI=1S/C12H11N.Pd/c1-10-5-7-11(8-6-10)12-4-2-3-9-13-12;/h2-9H,1H3;. The van der Waals surface area contributed by atoms with Crippen LogP contribution in [0.3, 0.4) is 0 Å². The van der Waals surface area contributed by atoms with E-state index in [1.54, 1.807) is 0 Å². The number of nitrogens with zero attached hydrogens (tertiary/aromatic N) is 1. The topological polar surface area (TPSA) is 12.9 Å². The molecule has 0 unspecified atom stereocenters. The first kappa shape index (κ1) is 11.1. The van der Waals surface area contributed by atoms with Crippen molar-refractivity contribution in [3.8, 4) is 11.3 Å². The molecule has 0 aliphatic heterocycles. The minimum atomic E-state index is 0. The second-order valence-electron chi connectivity index (χ2n) is 3.08. The number of rotatable bonds is 1. The third kappa shape index (κ3) is 2.51. The normalized spacial score (nSPS) is 9.21. The maximum Gasteiger partial charge on any atom is 0.0701 e. The van der Waals surface area contributed by atoms with Crippen molar-refractivity contribution in [2.45, 2.75) is 6.92 Å². The Morgan fingerprint density at radius 1 is 0.929 bits per heavy atom. The van der Waals surface area contributed by atoms with Crippen LogP contribution in [0.5, 0.6) is 0 Å². The van der Waals surface area contributed by atoms with Crippen LogP contribution in [0.2, 0.25) is 0 Å². The minimum absolute atomic E-state index is 0. The molecule has 0 amide bonds. The van der Waals surface area contributed by atoms with Crippen LogP contribution >= 0.6 is 0 Å². The molecule has 1 aromatic carbocycles. The number of pyridine rings is 1. The Labute approximate surface area is 97.9 Å². The van der Waals surface area contributed by atoms with Crippen LogP contribution in [0.4, 0.5) is 0 Å². The van der Waals surface area contributed by atoms with Crippen molar-refractivity contribution in [2.75, 3.05) is 0 Å². The molecule has 0 saturated heterocycles. The summed E-state index contributed by atoms with van der Waals surface area (Å²) >= 11 is 0. The second-order valence-corrected chi connectivity index (χ2v) is 3.08. The molecule has 0 spiro atoms. The Hall–Kier alpha value is -0.968. The Morgan fingerprint density at radius 2 is 1.64 bits per heavy atom. The Balaban J connectivity index is 0.000000980. The molecule has 0 fully saturated rings. The molecule has 0 bridgehead atoms. The molecule has 2 aromatic rings. The Morgan fingerprint density at radius 3 is 2.21 bits per heavy atom. The van der Waals surface area contributed by atoms with Crippen molar-refractivity contribution in [1.82, 2.24) is 4.98 Å². The molecule has 0 aliphatic rings. The fraction of sp³-hybridized carbons (Fsp3) is 0.0833. The zero-order valence-corrected chi connectivity index (χ0v) is 9.44. The van der Waals surface area contributed by atoms with Crippen LogP contribution in [-0.2, 0) is 20.4 Å². The summed E-state index contributed by atoms with van der Waals surface area (Å²) in [5.74, 6) is 0. The van der Waals surface area contributed by atoms with Gasteiger partial charge in [0.2, 0.25) is 0 Å². The van der Waals surface area contributed by atoms with Gasteiger partial charge in [0.1, 0.15) is 0 Å².